The Morgan fingerprint density at radius 1 is 1.13 bits per heavy atom. The lowest BCUT2D eigenvalue weighted by Gasteiger charge is -2.19. The Hall–Kier alpha value is -3.39. The summed E-state index contributed by atoms with van der Waals surface area (Å²) in [6.45, 7) is 6.97. The maximum absolute atomic E-state index is 12.7. The lowest BCUT2D eigenvalue weighted by molar-refractivity contribution is -0.157. The molecule has 0 radical (unpaired) electrons. The van der Waals surface area contributed by atoms with Gasteiger partial charge in [-0.25, -0.2) is 4.79 Å². The number of fused-ring (bicyclic) bond motifs is 1. The largest absolute Gasteiger partial charge is 0.482 e. The van der Waals surface area contributed by atoms with E-state index in [1.165, 1.54) is 0 Å². The second-order valence-corrected chi connectivity index (χ2v) is 8.42. The quantitative estimate of drug-likeness (QED) is 0.434. The van der Waals surface area contributed by atoms with Crippen molar-refractivity contribution in [1.82, 2.24) is 0 Å². The number of furan rings is 1. The summed E-state index contributed by atoms with van der Waals surface area (Å²) in [7, 11) is 0. The Morgan fingerprint density at radius 2 is 1.81 bits per heavy atom. The van der Waals surface area contributed by atoms with Crippen LogP contribution in [0.15, 0.2) is 46.9 Å². The molecule has 1 heterocycles. The van der Waals surface area contributed by atoms with Crippen molar-refractivity contribution in [2.45, 2.75) is 33.3 Å². The first-order valence-corrected chi connectivity index (χ1v) is 10.0. The van der Waals surface area contributed by atoms with Gasteiger partial charge in [-0.15, -0.1) is 0 Å². The van der Waals surface area contributed by atoms with Crippen molar-refractivity contribution in [2.75, 3.05) is 11.9 Å². The van der Waals surface area contributed by atoms with E-state index in [0.717, 1.165) is 5.39 Å². The molecule has 3 aromatic rings. The van der Waals surface area contributed by atoms with Gasteiger partial charge in [-0.05, 0) is 70.2 Å². The van der Waals surface area contributed by atoms with Crippen LogP contribution in [0, 0.1) is 6.92 Å². The van der Waals surface area contributed by atoms with Gasteiger partial charge in [-0.2, -0.15) is 0 Å². The highest BCUT2D eigenvalue weighted by molar-refractivity contribution is 7.80. The van der Waals surface area contributed by atoms with E-state index in [9.17, 15) is 9.59 Å². The Labute approximate surface area is 185 Å². The van der Waals surface area contributed by atoms with E-state index in [-0.39, 0.29) is 23.3 Å². The number of ether oxygens (including phenoxy) is 2. The Bertz CT molecular complexity index is 1140. The third-order valence-corrected chi connectivity index (χ3v) is 4.55. The molecule has 0 aliphatic rings. The molecule has 162 valence electrons. The molecule has 3 rings (SSSR count). The van der Waals surface area contributed by atoms with Gasteiger partial charge < -0.3 is 24.9 Å². The molecule has 0 atom stereocenters. The van der Waals surface area contributed by atoms with E-state index in [2.05, 4.69) is 5.32 Å². The zero-order chi connectivity index (χ0) is 22.8. The first-order chi connectivity index (χ1) is 14.5. The fraction of sp³-hybridized carbons (Fsp3) is 0.261. The van der Waals surface area contributed by atoms with Crippen molar-refractivity contribution in [3.63, 3.8) is 0 Å². The molecule has 0 aliphatic heterocycles. The zero-order valence-corrected chi connectivity index (χ0v) is 18.6. The number of amides is 1. The van der Waals surface area contributed by atoms with E-state index >= 15 is 0 Å². The normalized spacial score (nSPS) is 11.2. The van der Waals surface area contributed by atoms with Gasteiger partial charge in [-0.1, -0.05) is 12.2 Å². The summed E-state index contributed by atoms with van der Waals surface area (Å²) in [5.41, 5.74) is 7.66. The fourth-order valence-corrected chi connectivity index (χ4v) is 3.05. The SMILES string of the molecule is Cc1c(C(=O)Nc2ccc(OCC(=O)OC(C)(C)C)cc2)oc2ccc(C(N)=S)cc12. The molecule has 0 unspecified atom stereocenters. The van der Waals surface area contributed by atoms with E-state index < -0.39 is 11.6 Å². The molecule has 31 heavy (non-hydrogen) atoms. The number of hydrogen-bond acceptors (Lipinski definition) is 6. The van der Waals surface area contributed by atoms with Crippen LogP contribution in [-0.2, 0) is 9.53 Å². The van der Waals surface area contributed by atoms with Crippen molar-refractivity contribution in [3.05, 3.63) is 59.4 Å². The molecule has 3 N–H and O–H groups in total. The van der Waals surface area contributed by atoms with Gasteiger partial charge in [0, 0.05) is 22.2 Å². The molecule has 7 nitrogen and oxygen atoms in total. The molecular formula is C23H24N2O5S. The van der Waals surface area contributed by atoms with Gasteiger partial charge in [0.15, 0.2) is 12.4 Å². The minimum absolute atomic E-state index is 0.199. The van der Waals surface area contributed by atoms with E-state index in [4.69, 9.17) is 31.8 Å². The Kier molecular flexibility index (Phi) is 6.31. The second kappa shape index (κ2) is 8.77. The summed E-state index contributed by atoms with van der Waals surface area (Å²) in [5.74, 6) is -0.147. The standard InChI is InChI=1S/C23H24N2O5S/c1-13-17-11-14(21(24)31)5-10-18(17)29-20(13)22(27)25-15-6-8-16(9-7-15)28-12-19(26)30-23(2,3)4/h5-11H,12H2,1-4H3,(H2,24,31)(H,25,27). The molecule has 1 amide bonds. The van der Waals surface area contributed by atoms with Crippen molar-refractivity contribution in [3.8, 4) is 5.75 Å². The van der Waals surface area contributed by atoms with Crippen LogP contribution in [0.2, 0.25) is 0 Å². The van der Waals surface area contributed by atoms with E-state index in [0.29, 0.717) is 28.1 Å². The average molecular weight is 441 g/mol. The van der Waals surface area contributed by atoms with Crippen LogP contribution in [-0.4, -0.2) is 29.1 Å². The minimum Gasteiger partial charge on any atom is -0.482 e. The highest BCUT2D eigenvalue weighted by Crippen LogP contribution is 2.27. The lowest BCUT2D eigenvalue weighted by Crippen LogP contribution is -2.27. The molecule has 1 aromatic heterocycles. The topological polar surface area (TPSA) is 104 Å². The molecule has 2 aromatic carbocycles. The summed E-state index contributed by atoms with van der Waals surface area (Å²) < 4.78 is 16.3. The van der Waals surface area contributed by atoms with Gasteiger partial charge in [-0.3, -0.25) is 4.79 Å². The molecule has 0 aliphatic carbocycles. The number of thiocarbonyl (C=S) groups is 1. The van der Waals surface area contributed by atoms with Crippen LogP contribution in [0.5, 0.6) is 5.75 Å². The maximum atomic E-state index is 12.7. The molecule has 0 bridgehead atoms. The highest BCUT2D eigenvalue weighted by Gasteiger charge is 2.19. The molecule has 0 fully saturated rings. The summed E-state index contributed by atoms with van der Waals surface area (Å²) in [6, 6.07) is 12.0. The van der Waals surface area contributed by atoms with Gasteiger partial charge in [0.1, 0.15) is 21.9 Å². The van der Waals surface area contributed by atoms with Gasteiger partial charge >= 0.3 is 5.97 Å². The smallest absolute Gasteiger partial charge is 0.344 e. The number of carbonyl (C=O) groups excluding carboxylic acids is 2. The van der Waals surface area contributed by atoms with E-state index in [1.54, 1.807) is 64.1 Å². The van der Waals surface area contributed by atoms with Gasteiger partial charge in [0.25, 0.3) is 5.91 Å². The average Bonchev–Trinajstić information content (AvgIpc) is 3.02. The predicted molar refractivity (Wildman–Crippen MR) is 123 cm³/mol. The van der Waals surface area contributed by atoms with Crippen molar-refractivity contribution in [2.24, 2.45) is 5.73 Å². The molecule has 0 spiro atoms. The van der Waals surface area contributed by atoms with Gasteiger partial charge in [0.2, 0.25) is 0 Å². The van der Waals surface area contributed by atoms with Crippen LogP contribution < -0.4 is 15.8 Å². The van der Waals surface area contributed by atoms with Crippen molar-refractivity contribution < 1.29 is 23.5 Å². The predicted octanol–water partition coefficient (Wildman–Crippen LogP) is 4.35. The Balaban J connectivity index is 1.66. The summed E-state index contributed by atoms with van der Waals surface area (Å²) in [4.78, 5) is 24.7. The monoisotopic (exact) mass is 440 g/mol. The molecular weight excluding hydrogens is 416 g/mol. The molecule has 8 heteroatoms. The number of anilines is 1. The second-order valence-electron chi connectivity index (χ2n) is 7.98. The third kappa shape index (κ3) is 5.61. The van der Waals surface area contributed by atoms with Crippen molar-refractivity contribution in [1.29, 1.82) is 0 Å². The zero-order valence-electron chi connectivity index (χ0n) is 17.8. The van der Waals surface area contributed by atoms with Crippen molar-refractivity contribution >= 4 is 45.7 Å². The van der Waals surface area contributed by atoms with Crippen LogP contribution in [0.1, 0.15) is 42.5 Å². The molecule has 0 saturated heterocycles. The van der Waals surface area contributed by atoms with Crippen LogP contribution in [0.3, 0.4) is 0 Å². The first-order valence-electron chi connectivity index (χ1n) is 9.62. The Morgan fingerprint density at radius 3 is 2.42 bits per heavy atom. The number of hydrogen-bond donors (Lipinski definition) is 2. The number of benzene rings is 2. The third-order valence-electron chi connectivity index (χ3n) is 4.32. The van der Waals surface area contributed by atoms with Crippen LogP contribution in [0.4, 0.5) is 5.69 Å². The lowest BCUT2D eigenvalue weighted by atomic mass is 10.1. The van der Waals surface area contributed by atoms with Crippen LogP contribution in [0.25, 0.3) is 11.0 Å². The summed E-state index contributed by atoms with van der Waals surface area (Å²) in [5, 5.41) is 3.57. The number of nitrogens with one attached hydrogen (secondary N) is 1. The molecule has 0 saturated carbocycles. The minimum atomic E-state index is -0.568. The number of rotatable bonds is 6. The maximum Gasteiger partial charge on any atom is 0.344 e. The van der Waals surface area contributed by atoms with Gasteiger partial charge in [0.05, 0.1) is 0 Å². The van der Waals surface area contributed by atoms with Crippen LogP contribution >= 0.6 is 12.2 Å². The number of aryl methyl sites for hydroxylation is 1. The summed E-state index contributed by atoms with van der Waals surface area (Å²) >= 11 is 5.01. The summed E-state index contributed by atoms with van der Waals surface area (Å²) in [6.07, 6.45) is 0. The number of nitrogens with two attached hydrogens (primary N) is 1. The van der Waals surface area contributed by atoms with E-state index in [1.807, 2.05) is 6.07 Å². The number of esters is 1. The number of carbonyl (C=O) groups is 2. The fourth-order valence-electron chi connectivity index (χ4n) is 2.93. The first kappa shape index (κ1) is 22.3. The highest BCUT2D eigenvalue weighted by atomic mass is 32.1.